The fourth-order valence-corrected chi connectivity index (χ4v) is 1.64. The number of rotatable bonds is 11. The topological polar surface area (TPSA) is 236 Å². The maximum Gasteiger partial charge on any atom is 0.378 e. The molecule has 0 rings (SSSR count). The van der Waals surface area contributed by atoms with Crippen LogP contribution >= 0.6 is 0 Å². The summed E-state index contributed by atoms with van der Waals surface area (Å²) < 4.78 is 4.20. The Morgan fingerprint density at radius 2 is 1.32 bits per heavy atom. The van der Waals surface area contributed by atoms with Crippen LogP contribution < -0.4 is 0 Å². The predicted molar refractivity (Wildman–Crippen MR) is 71.1 cm³/mol. The van der Waals surface area contributed by atoms with Crippen molar-refractivity contribution in [2.45, 2.75) is 36.8 Å². The summed E-state index contributed by atoms with van der Waals surface area (Å²) >= 11 is 0. The first-order chi connectivity index (χ1) is 11.4. The van der Waals surface area contributed by atoms with Crippen LogP contribution in [0.4, 0.5) is 0 Å². The molecular weight excluding hydrogens is 352 g/mol. The van der Waals surface area contributed by atoms with Crippen LogP contribution in [0.1, 0.15) is 12.8 Å². The zero-order valence-corrected chi connectivity index (χ0v) is 12.4. The van der Waals surface area contributed by atoms with Crippen LogP contribution in [-0.4, -0.2) is 95.9 Å². The molecule has 0 aliphatic carbocycles. The van der Waals surface area contributed by atoms with Crippen LogP contribution in [0.5, 0.6) is 0 Å². The van der Waals surface area contributed by atoms with Crippen LogP contribution in [0, 0.1) is 0 Å². The minimum Gasteiger partial charge on any atom is -0.481 e. The van der Waals surface area contributed by atoms with Gasteiger partial charge >= 0.3 is 23.9 Å². The number of carbonyl (C=O) groups is 5. The van der Waals surface area contributed by atoms with E-state index < -0.39 is 73.0 Å². The molecule has 25 heavy (non-hydrogen) atoms. The average molecular weight is 368 g/mol. The Balaban J connectivity index is 5.50. The number of carbonyl (C=O) groups excluding carboxylic acids is 2. The maximum atomic E-state index is 11.6. The van der Waals surface area contributed by atoms with Gasteiger partial charge in [-0.25, -0.2) is 9.59 Å². The van der Waals surface area contributed by atoms with Gasteiger partial charge in [-0.1, -0.05) is 0 Å². The Morgan fingerprint density at radius 3 is 1.64 bits per heavy atom. The first kappa shape index (κ1) is 22.4. The lowest BCUT2D eigenvalue weighted by atomic mass is 9.95. The van der Waals surface area contributed by atoms with Crippen LogP contribution in [0.25, 0.3) is 0 Å². The number of ketones is 1. The summed E-state index contributed by atoms with van der Waals surface area (Å²) in [6.07, 6.45) is -10.0. The molecule has 0 saturated carbocycles. The Morgan fingerprint density at radius 1 is 0.880 bits per heavy atom. The molecule has 7 N–H and O–H groups in total. The molecule has 0 heterocycles. The Labute approximate surface area is 138 Å². The molecule has 0 radical (unpaired) electrons. The predicted octanol–water partition coefficient (Wildman–Crippen LogP) is -4.05. The van der Waals surface area contributed by atoms with E-state index in [1.807, 2.05) is 0 Å². The molecule has 0 bridgehead atoms. The molecule has 0 spiro atoms. The highest BCUT2D eigenvalue weighted by Crippen LogP contribution is 2.23. The molecule has 0 fully saturated rings. The van der Waals surface area contributed by atoms with E-state index in [-0.39, 0.29) is 0 Å². The second-order valence-corrected chi connectivity index (χ2v) is 4.88. The van der Waals surface area contributed by atoms with Gasteiger partial charge in [-0.2, -0.15) is 0 Å². The third kappa shape index (κ3) is 6.07. The number of aliphatic carboxylic acids is 3. The monoisotopic (exact) mass is 368 g/mol. The lowest BCUT2D eigenvalue weighted by Crippen LogP contribution is -2.51. The quantitative estimate of drug-likeness (QED) is 0.136. The molecule has 0 saturated heterocycles. The van der Waals surface area contributed by atoms with E-state index in [0.717, 1.165) is 0 Å². The third-order valence-electron chi connectivity index (χ3n) is 2.93. The fourth-order valence-electron chi connectivity index (χ4n) is 1.64. The standard InChI is InChI=1S/C12H16O13/c13-3-4(14)7(19)8(20)9(21)10(22)25-12(11(23)24,1-5(15)16)2-6(17)18/h4,7-8,13-14,19-20H,1-3H2,(H,15,16)(H,17,18)(H,23,24)/t4-,7+,8-/m0/s1. The SMILES string of the molecule is O=C(O)CC(CC(=O)O)(OC(=O)C(=O)[C@@H](O)[C@H](O)[C@@H](O)CO)C(=O)O. The van der Waals surface area contributed by atoms with Crippen molar-refractivity contribution in [1.82, 2.24) is 0 Å². The number of aliphatic hydroxyl groups excluding tert-OH is 4. The van der Waals surface area contributed by atoms with E-state index in [4.69, 9.17) is 25.5 Å². The summed E-state index contributed by atoms with van der Waals surface area (Å²) in [4.78, 5) is 55.9. The van der Waals surface area contributed by atoms with Gasteiger partial charge in [-0.3, -0.25) is 14.4 Å². The number of carboxylic acid groups (broad SMARTS) is 3. The molecule has 0 aromatic heterocycles. The molecule has 13 heteroatoms. The molecule has 0 aromatic rings. The van der Waals surface area contributed by atoms with E-state index in [1.54, 1.807) is 0 Å². The van der Waals surface area contributed by atoms with E-state index >= 15 is 0 Å². The number of carboxylic acids is 3. The summed E-state index contributed by atoms with van der Waals surface area (Å²) in [5.41, 5.74) is -3.15. The summed E-state index contributed by atoms with van der Waals surface area (Å²) in [7, 11) is 0. The van der Waals surface area contributed by atoms with Gasteiger partial charge in [0.2, 0.25) is 5.60 Å². The summed E-state index contributed by atoms with van der Waals surface area (Å²) in [5.74, 6) is -10.0. The fraction of sp³-hybridized carbons (Fsp3) is 0.583. The van der Waals surface area contributed by atoms with Crippen LogP contribution in [0.2, 0.25) is 0 Å². The summed E-state index contributed by atoms with van der Waals surface area (Å²) in [6.45, 7) is -1.10. The lowest BCUT2D eigenvalue weighted by molar-refractivity contribution is -0.189. The van der Waals surface area contributed by atoms with E-state index in [9.17, 15) is 34.2 Å². The van der Waals surface area contributed by atoms with Crippen molar-refractivity contribution in [3.8, 4) is 0 Å². The number of hydrogen-bond donors (Lipinski definition) is 7. The average Bonchev–Trinajstić information content (AvgIpc) is 2.50. The Bertz CT molecular complexity index is 537. The van der Waals surface area contributed by atoms with E-state index in [0.29, 0.717) is 0 Å². The van der Waals surface area contributed by atoms with Gasteiger partial charge in [0.15, 0.2) is 6.10 Å². The summed E-state index contributed by atoms with van der Waals surface area (Å²) in [6, 6.07) is 0. The first-order valence-electron chi connectivity index (χ1n) is 6.47. The molecule has 3 atom stereocenters. The number of hydrogen-bond acceptors (Lipinski definition) is 10. The van der Waals surface area contributed by atoms with E-state index in [2.05, 4.69) is 4.74 Å². The largest absolute Gasteiger partial charge is 0.481 e. The minimum absolute atomic E-state index is 1.10. The zero-order valence-electron chi connectivity index (χ0n) is 12.4. The van der Waals surface area contributed by atoms with Crippen molar-refractivity contribution in [1.29, 1.82) is 0 Å². The Kier molecular flexibility index (Phi) is 8.08. The van der Waals surface area contributed by atoms with Gasteiger partial charge in [0, 0.05) is 0 Å². The first-order valence-corrected chi connectivity index (χ1v) is 6.47. The van der Waals surface area contributed by atoms with Crippen LogP contribution in [-0.2, 0) is 28.7 Å². The smallest absolute Gasteiger partial charge is 0.378 e. The van der Waals surface area contributed by atoms with Gasteiger partial charge < -0.3 is 40.5 Å². The number of Topliss-reactive ketones (excluding diaryl/α,β-unsaturated/α-hetero) is 1. The third-order valence-corrected chi connectivity index (χ3v) is 2.93. The molecule has 0 amide bonds. The van der Waals surface area contributed by atoms with Crippen molar-refractivity contribution in [2.24, 2.45) is 0 Å². The molecule has 0 unspecified atom stereocenters. The summed E-state index contributed by atoms with van der Waals surface area (Å²) in [5, 5.41) is 62.8. The van der Waals surface area contributed by atoms with Crippen molar-refractivity contribution in [2.75, 3.05) is 6.61 Å². The van der Waals surface area contributed by atoms with E-state index in [1.165, 1.54) is 0 Å². The second kappa shape index (κ2) is 9.03. The molecular formula is C12H16O13. The lowest BCUT2D eigenvalue weighted by Gasteiger charge is -2.27. The van der Waals surface area contributed by atoms with Gasteiger partial charge in [-0.05, 0) is 0 Å². The molecule has 0 aliphatic rings. The van der Waals surface area contributed by atoms with Gasteiger partial charge in [0.05, 0.1) is 19.4 Å². The molecule has 0 aromatic carbocycles. The van der Waals surface area contributed by atoms with Crippen molar-refractivity contribution >= 4 is 29.7 Å². The van der Waals surface area contributed by atoms with Crippen LogP contribution in [0.3, 0.4) is 0 Å². The van der Waals surface area contributed by atoms with Gasteiger partial charge in [0.25, 0.3) is 5.78 Å². The minimum atomic E-state index is -3.15. The maximum absolute atomic E-state index is 11.6. The second-order valence-electron chi connectivity index (χ2n) is 4.88. The highest BCUT2D eigenvalue weighted by atomic mass is 16.6. The molecule has 142 valence electrons. The molecule has 13 nitrogen and oxygen atoms in total. The highest BCUT2D eigenvalue weighted by Gasteiger charge is 2.49. The van der Waals surface area contributed by atoms with Crippen molar-refractivity contribution < 1.29 is 64.5 Å². The van der Waals surface area contributed by atoms with Crippen LogP contribution in [0.15, 0.2) is 0 Å². The number of esters is 1. The van der Waals surface area contributed by atoms with Crippen molar-refractivity contribution in [3.63, 3.8) is 0 Å². The molecule has 0 aliphatic heterocycles. The van der Waals surface area contributed by atoms with Gasteiger partial charge in [0.1, 0.15) is 12.2 Å². The van der Waals surface area contributed by atoms with Gasteiger partial charge in [-0.15, -0.1) is 0 Å². The normalized spacial score (nSPS) is 14.9. The highest BCUT2D eigenvalue weighted by molar-refractivity contribution is 6.35. The number of ether oxygens (including phenoxy) is 1. The van der Waals surface area contributed by atoms with Crippen molar-refractivity contribution in [3.05, 3.63) is 0 Å². The number of aliphatic hydroxyl groups is 4. The zero-order chi connectivity index (χ0) is 19.9. The Hall–Kier alpha value is -2.61.